The number of phenolic OH excluding ortho intramolecular Hbond substituents is 1. The molecule has 0 saturated carbocycles. The highest BCUT2D eigenvalue weighted by molar-refractivity contribution is 6.46. The molecule has 10 heteroatoms. The highest BCUT2D eigenvalue weighted by Gasteiger charge is 2.46. The van der Waals surface area contributed by atoms with Crippen molar-refractivity contribution in [1.82, 2.24) is 4.90 Å². The van der Waals surface area contributed by atoms with Crippen LogP contribution in [-0.4, -0.2) is 58.6 Å². The second-order valence-corrected chi connectivity index (χ2v) is 6.95. The summed E-state index contributed by atoms with van der Waals surface area (Å²) in [6.07, 6.45) is 0. The van der Waals surface area contributed by atoms with Crippen LogP contribution in [-0.2, 0) is 14.3 Å². The second-order valence-electron chi connectivity index (χ2n) is 6.95. The third kappa shape index (κ3) is 4.26. The molecule has 1 amide bonds. The Bertz CT molecular complexity index is 1100. The number of methoxy groups -OCH3 is 1. The number of carbonyl (C=O) groups excluding carboxylic acids is 2. The Labute approximate surface area is 183 Å². The number of benzene rings is 2. The number of nitro benzene ring substituents is 1. The van der Waals surface area contributed by atoms with Gasteiger partial charge in [-0.25, -0.2) is 0 Å². The topological polar surface area (TPSA) is 139 Å². The van der Waals surface area contributed by atoms with Gasteiger partial charge in [0, 0.05) is 31.4 Å². The van der Waals surface area contributed by atoms with Crippen LogP contribution in [0.15, 0.2) is 48.0 Å². The van der Waals surface area contributed by atoms with Crippen molar-refractivity contribution in [3.05, 3.63) is 69.3 Å². The van der Waals surface area contributed by atoms with Crippen LogP contribution in [0.1, 0.15) is 24.1 Å². The minimum absolute atomic E-state index is 0.0257. The van der Waals surface area contributed by atoms with Gasteiger partial charge in [-0.2, -0.15) is 0 Å². The molecule has 1 unspecified atom stereocenters. The zero-order valence-corrected chi connectivity index (χ0v) is 17.5. The molecule has 1 aliphatic heterocycles. The minimum atomic E-state index is -1.01. The molecule has 1 atom stereocenters. The minimum Gasteiger partial charge on any atom is -0.507 e. The summed E-state index contributed by atoms with van der Waals surface area (Å²) >= 11 is 0. The molecule has 2 aromatic carbocycles. The third-order valence-electron chi connectivity index (χ3n) is 5.01. The number of aliphatic hydroxyl groups excluding tert-OH is 1. The van der Waals surface area contributed by atoms with Crippen LogP contribution in [0.25, 0.3) is 5.76 Å². The van der Waals surface area contributed by atoms with Crippen LogP contribution in [0.3, 0.4) is 0 Å². The molecular formula is C22H22N2O8. The van der Waals surface area contributed by atoms with E-state index >= 15 is 0 Å². The number of hydrogen-bond acceptors (Lipinski definition) is 8. The number of likely N-dealkylation sites (tertiary alicyclic amines) is 1. The number of carbonyl (C=O) groups is 2. The van der Waals surface area contributed by atoms with Crippen LogP contribution in [0, 0.1) is 10.1 Å². The standard InChI is InChI=1S/C22H22N2O8/c1-3-32-17-12-13(7-8-16(17)25)19-18(21(27)22(28)23(19)9-10-31-2)20(26)14-5-4-6-15(11-14)24(29)30/h4-8,11-12,19,25-26H,3,9-10H2,1-2H3/b20-18+. The molecule has 168 valence electrons. The van der Waals surface area contributed by atoms with Crippen molar-refractivity contribution >= 4 is 23.1 Å². The molecule has 0 aromatic heterocycles. The number of aliphatic hydroxyl groups is 1. The van der Waals surface area contributed by atoms with E-state index in [0.717, 1.165) is 6.07 Å². The summed E-state index contributed by atoms with van der Waals surface area (Å²) in [6, 6.07) is 8.50. The highest BCUT2D eigenvalue weighted by atomic mass is 16.6. The van der Waals surface area contributed by atoms with Crippen LogP contribution < -0.4 is 4.74 Å². The molecule has 0 bridgehead atoms. The monoisotopic (exact) mass is 442 g/mol. The van der Waals surface area contributed by atoms with Gasteiger partial charge < -0.3 is 24.6 Å². The van der Waals surface area contributed by atoms with E-state index in [-0.39, 0.29) is 48.1 Å². The number of nitrogens with zero attached hydrogens (tertiary/aromatic N) is 2. The van der Waals surface area contributed by atoms with Crippen LogP contribution in [0.5, 0.6) is 11.5 Å². The Balaban J connectivity index is 2.20. The van der Waals surface area contributed by atoms with E-state index in [1.54, 1.807) is 6.92 Å². The van der Waals surface area contributed by atoms with Crippen molar-refractivity contribution in [3.63, 3.8) is 0 Å². The quantitative estimate of drug-likeness (QED) is 0.209. The first-order chi connectivity index (χ1) is 15.3. The maximum atomic E-state index is 12.9. The number of ether oxygens (including phenoxy) is 2. The van der Waals surface area contributed by atoms with Crippen LogP contribution >= 0.6 is 0 Å². The molecule has 0 spiro atoms. The van der Waals surface area contributed by atoms with Gasteiger partial charge in [0.05, 0.1) is 29.8 Å². The maximum absolute atomic E-state index is 12.9. The van der Waals surface area contributed by atoms with E-state index in [1.807, 2.05) is 0 Å². The Kier molecular flexibility index (Phi) is 6.74. The van der Waals surface area contributed by atoms with E-state index in [4.69, 9.17) is 9.47 Å². The number of ketones is 1. The average Bonchev–Trinajstić information content (AvgIpc) is 3.03. The number of aromatic hydroxyl groups is 1. The summed E-state index contributed by atoms with van der Waals surface area (Å²) in [7, 11) is 1.45. The fourth-order valence-corrected chi connectivity index (χ4v) is 3.54. The van der Waals surface area contributed by atoms with Gasteiger partial charge in [0.15, 0.2) is 11.5 Å². The van der Waals surface area contributed by atoms with Gasteiger partial charge in [-0.1, -0.05) is 18.2 Å². The summed E-state index contributed by atoms with van der Waals surface area (Å²) in [5.74, 6) is -2.28. The predicted molar refractivity (Wildman–Crippen MR) is 113 cm³/mol. The fraction of sp³-hybridized carbons (Fsp3) is 0.273. The molecule has 1 heterocycles. The summed E-state index contributed by atoms with van der Waals surface area (Å²) in [5, 5.41) is 32.1. The van der Waals surface area contributed by atoms with Gasteiger partial charge in [0.1, 0.15) is 5.76 Å². The first kappa shape index (κ1) is 22.8. The second kappa shape index (κ2) is 9.48. The van der Waals surface area contributed by atoms with Gasteiger partial charge in [-0.3, -0.25) is 19.7 Å². The zero-order valence-electron chi connectivity index (χ0n) is 17.5. The van der Waals surface area contributed by atoms with E-state index in [9.17, 15) is 29.9 Å². The first-order valence-electron chi connectivity index (χ1n) is 9.78. The van der Waals surface area contributed by atoms with Crippen molar-refractivity contribution in [3.8, 4) is 11.5 Å². The molecule has 1 aliphatic rings. The summed E-state index contributed by atoms with van der Waals surface area (Å²) in [4.78, 5) is 37.4. The lowest BCUT2D eigenvalue weighted by atomic mass is 9.95. The van der Waals surface area contributed by atoms with E-state index < -0.39 is 28.4 Å². The van der Waals surface area contributed by atoms with Crippen molar-refractivity contribution in [2.45, 2.75) is 13.0 Å². The van der Waals surface area contributed by atoms with Gasteiger partial charge in [-0.05, 0) is 24.6 Å². The predicted octanol–water partition coefficient (Wildman–Crippen LogP) is 2.77. The molecular weight excluding hydrogens is 420 g/mol. The molecule has 0 aliphatic carbocycles. The summed E-state index contributed by atoms with van der Waals surface area (Å²) in [5.41, 5.74) is -0.0616. The Morgan fingerprint density at radius 1 is 1.22 bits per heavy atom. The largest absolute Gasteiger partial charge is 0.507 e. The maximum Gasteiger partial charge on any atom is 0.295 e. The number of phenols is 1. The van der Waals surface area contributed by atoms with Crippen LogP contribution in [0.4, 0.5) is 5.69 Å². The number of rotatable bonds is 8. The van der Waals surface area contributed by atoms with Crippen molar-refractivity contribution in [1.29, 1.82) is 0 Å². The Morgan fingerprint density at radius 2 is 1.97 bits per heavy atom. The van der Waals surface area contributed by atoms with Gasteiger partial charge >= 0.3 is 0 Å². The van der Waals surface area contributed by atoms with Gasteiger partial charge in [-0.15, -0.1) is 0 Å². The zero-order chi connectivity index (χ0) is 23.4. The van der Waals surface area contributed by atoms with Crippen molar-refractivity contribution < 1.29 is 34.2 Å². The summed E-state index contributed by atoms with van der Waals surface area (Å²) in [6.45, 7) is 2.20. The molecule has 2 aromatic rings. The fourth-order valence-electron chi connectivity index (χ4n) is 3.54. The molecule has 10 nitrogen and oxygen atoms in total. The molecule has 1 saturated heterocycles. The number of amides is 1. The molecule has 1 fully saturated rings. The van der Waals surface area contributed by atoms with Gasteiger partial charge in [0.25, 0.3) is 17.4 Å². The lowest BCUT2D eigenvalue weighted by molar-refractivity contribution is -0.384. The highest BCUT2D eigenvalue weighted by Crippen LogP contribution is 2.41. The Hall–Kier alpha value is -3.92. The summed E-state index contributed by atoms with van der Waals surface area (Å²) < 4.78 is 10.5. The van der Waals surface area contributed by atoms with E-state index in [0.29, 0.717) is 5.56 Å². The molecule has 32 heavy (non-hydrogen) atoms. The van der Waals surface area contributed by atoms with Gasteiger partial charge in [0.2, 0.25) is 0 Å². The Morgan fingerprint density at radius 3 is 2.62 bits per heavy atom. The lowest BCUT2D eigenvalue weighted by Gasteiger charge is -2.25. The normalized spacial score (nSPS) is 17.6. The number of Topliss-reactive ketones (excluding diaryl/α,β-unsaturated/α-hetero) is 1. The lowest BCUT2D eigenvalue weighted by Crippen LogP contribution is -2.32. The van der Waals surface area contributed by atoms with E-state index in [2.05, 4.69) is 0 Å². The SMILES string of the molecule is CCOc1cc(C2/C(=C(\O)c3cccc([N+](=O)[O-])c3)C(=O)C(=O)N2CCOC)ccc1O. The molecule has 3 rings (SSSR count). The number of non-ortho nitro benzene ring substituents is 1. The third-order valence-corrected chi connectivity index (χ3v) is 5.01. The number of nitro groups is 1. The average molecular weight is 442 g/mol. The molecule has 0 radical (unpaired) electrons. The first-order valence-corrected chi connectivity index (χ1v) is 9.78. The van der Waals surface area contributed by atoms with Crippen LogP contribution in [0.2, 0.25) is 0 Å². The van der Waals surface area contributed by atoms with Crippen molar-refractivity contribution in [2.24, 2.45) is 0 Å². The molecule has 2 N–H and O–H groups in total. The number of hydrogen-bond donors (Lipinski definition) is 2. The van der Waals surface area contributed by atoms with E-state index in [1.165, 1.54) is 48.4 Å². The smallest absolute Gasteiger partial charge is 0.295 e. The van der Waals surface area contributed by atoms with Crippen molar-refractivity contribution in [2.75, 3.05) is 26.9 Å².